The smallest absolute Gasteiger partial charge is 0.543 e. The SMILES string of the molecule is O=C([O-])c1ccc(-c2ccc(Cl)cc2)[nH]1.[Na+]. The molecule has 0 aliphatic rings. The summed E-state index contributed by atoms with van der Waals surface area (Å²) in [5, 5.41) is 11.2. The molecular formula is C11H7ClNNaO2. The Morgan fingerprint density at radius 3 is 2.25 bits per heavy atom. The van der Waals surface area contributed by atoms with Crippen LogP contribution in [0.2, 0.25) is 5.02 Å². The predicted molar refractivity (Wildman–Crippen MR) is 55.6 cm³/mol. The van der Waals surface area contributed by atoms with Gasteiger partial charge in [-0.1, -0.05) is 23.7 Å². The zero-order valence-corrected chi connectivity index (χ0v) is 11.4. The van der Waals surface area contributed by atoms with Gasteiger partial charge < -0.3 is 14.9 Å². The summed E-state index contributed by atoms with van der Waals surface area (Å²) in [6.07, 6.45) is 0. The van der Waals surface area contributed by atoms with E-state index in [1.807, 2.05) is 12.1 Å². The number of halogens is 1. The predicted octanol–water partition coefficient (Wildman–Crippen LogP) is -1.30. The molecular weight excluding hydrogens is 237 g/mol. The molecule has 2 aromatic rings. The molecule has 1 N–H and O–H groups in total. The van der Waals surface area contributed by atoms with Crippen molar-refractivity contribution in [2.24, 2.45) is 0 Å². The van der Waals surface area contributed by atoms with Crippen LogP contribution in [0.15, 0.2) is 36.4 Å². The van der Waals surface area contributed by atoms with E-state index in [0.29, 0.717) is 5.02 Å². The molecule has 0 unspecified atom stereocenters. The quantitative estimate of drug-likeness (QED) is 0.667. The van der Waals surface area contributed by atoms with Gasteiger partial charge in [-0.3, -0.25) is 0 Å². The largest absolute Gasteiger partial charge is 1.00 e. The maximum atomic E-state index is 10.5. The molecule has 0 amide bonds. The number of carboxylic acids is 1. The Morgan fingerprint density at radius 1 is 1.12 bits per heavy atom. The van der Waals surface area contributed by atoms with Gasteiger partial charge in [-0.05, 0) is 29.8 Å². The standard InChI is InChI=1S/C11H8ClNO2.Na/c12-8-3-1-7(2-4-8)9-5-6-10(13-9)11(14)15;/h1-6,13H,(H,14,15);/q;+1/p-1. The van der Waals surface area contributed by atoms with Gasteiger partial charge in [0.05, 0.1) is 11.7 Å². The first-order valence-corrected chi connectivity index (χ1v) is 4.71. The number of carbonyl (C=O) groups excluding carboxylic acids is 1. The molecule has 3 nitrogen and oxygen atoms in total. The third-order valence-electron chi connectivity index (χ3n) is 2.06. The first kappa shape index (κ1) is 13.3. The van der Waals surface area contributed by atoms with Crippen LogP contribution in [0.25, 0.3) is 11.3 Å². The molecule has 0 fully saturated rings. The molecule has 76 valence electrons. The van der Waals surface area contributed by atoms with E-state index in [1.165, 1.54) is 6.07 Å². The normalized spacial score (nSPS) is 9.56. The van der Waals surface area contributed by atoms with Gasteiger partial charge in [0.25, 0.3) is 0 Å². The number of hydrogen-bond acceptors (Lipinski definition) is 2. The molecule has 1 aromatic heterocycles. The maximum Gasteiger partial charge on any atom is 1.00 e. The van der Waals surface area contributed by atoms with E-state index in [9.17, 15) is 9.90 Å². The second-order valence-corrected chi connectivity index (χ2v) is 3.52. The second-order valence-electron chi connectivity index (χ2n) is 3.08. The van der Waals surface area contributed by atoms with Crippen molar-refractivity contribution in [2.75, 3.05) is 0 Å². The summed E-state index contributed by atoms with van der Waals surface area (Å²) >= 11 is 5.74. The van der Waals surface area contributed by atoms with Gasteiger partial charge in [0.1, 0.15) is 0 Å². The molecule has 0 aliphatic carbocycles. The average Bonchev–Trinajstić information content (AvgIpc) is 2.68. The summed E-state index contributed by atoms with van der Waals surface area (Å²) < 4.78 is 0. The molecule has 2 rings (SSSR count). The Labute approximate surface area is 120 Å². The number of H-pyrrole nitrogens is 1. The van der Waals surface area contributed by atoms with Crippen LogP contribution in [-0.2, 0) is 0 Å². The fourth-order valence-corrected chi connectivity index (χ4v) is 1.44. The van der Waals surface area contributed by atoms with Gasteiger partial charge in [0.2, 0.25) is 0 Å². The van der Waals surface area contributed by atoms with E-state index in [2.05, 4.69) is 4.98 Å². The summed E-state index contributed by atoms with van der Waals surface area (Å²) in [5.74, 6) is -1.21. The van der Waals surface area contributed by atoms with Crippen LogP contribution in [0.5, 0.6) is 0 Å². The molecule has 0 atom stereocenters. The van der Waals surface area contributed by atoms with E-state index in [-0.39, 0.29) is 35.3 Å². The van der Waals surface area contributed by atoms with Gasteiger partial charge >= 0.3 is 29.6 Å². The molecule has 0 aliphatic heterocycles. The third kappa shape index (κ3) is 2.89. The Morgan fingerprint density at radius 2 is 1.75 bits per heavy atom. The monoisotopic (exact) mass is 243 g/mol. The van der Waals surface area contributed by atoms with Crippen LogP contribution in [-0.4, -0.2) is 11.0 Å². The molecule has 0 bridgehead atoms. The first-order chi connectivity index (χ1) is 7.16. The molecule has 1 heterocycles. The number of carbonyl (C=O) groups is 1. The minimum atomic E-state index is -1.21. The van der Waals surface area contributed by atoms with Crippen LogP contribution >= 0.6 is 11.6 Å². The summed E-state index contributed by atoms with van der Waals surface area (Å²) in [5.41, 5.74) is 1.68. The van der Waals surface area contributed by atoms with Crippen molar-refractivity contribution in [1.29, 1.82) is 0 Å². The first-order valence-electron chi connectivity index (χ1n) is 4.33. The molecule has 1 aromatic carbocycles. The molecule has 0 radical (unpaired) electrons. The van der Waals surface area contributed by atoms with Gasteiger partial charge in [0, 0.05) is 10.7 Å². The average molecular weight is 244 g/mol. The number of aromatic carboxylic acids is 1. The van der Waals surface area contributed by atoms with E-state index in [4.69, 9.17) is 11.6 Å². The van der Waals surface area contributed by atoms with Crippen molar-refractivity contribution >= 4 is 17.6 Å². The van der Waals surface area contributed by atoms with Gasteiger partial charge in [-0.15, -0.1) is 0 Å². The van der Waals surface area contributed by atoms with Crippen molar-refractivity contribution in [1.82, 2.24) is 4.98 Å². The van der Waals surface area contributed by atoms with Crippen LogP contribution in [0, 0.1) is 0 Å². The van der Waals surface area contributed by atoms with Crippen LogP contribution in [0.3, 0.4) is 0 Å². The minimum absolute atomic E-state index is 0. The van der Waals surface area contributed by atoms with Gasteiger partial charge in [-0.2, -0.15) is 0 Å². The Hall–Kier alpha value is -0.740. The fourth-order valence-electron chi connectivity index (χ4n) is 1.31. The number of hydrogen-bond donors (Lipinski definition) is 1. The number of rotatable bonds is 2. The van der Waals surface area contributed by atoms with Crippen molar-refractivity contribution in [3.05, 3.63) is 47.1 Å². The number of aromatic nitrogens is 1. The topological polar surface area (TPSA) is 55.9 Å². The zero-order chi connectivity index (χ0) is 10.8. The van der Waals surface area contributed by atoms with Crippen molar-refractivity contribution in [3.63, 3.8) is 0 Å². The van der Waals surface area contributed by atoms with Crippen molar-refractivity contribution < 1.29 is 39.5 Å². The van der Waals surface area contributed by atoms with Crippen LogP contribution in [0.4, 0.5) is 0 Å². The number of benzene rings is 1. The van der Waals surface area contributed by atoms with Crippen LogP contribution < -0.4 is 34.7 Å². The van der Waals surface area contributed by atoms with E-state index in [1.54, 1.807) is 18.2 Å². The molecule has 0 saturated carbocycles. The Bertz CT molecular complexity index is 493. The molecule has 0 saturated heterocycles. The number of carboxylic acid groups (broad SMARTS) is 1. The number of aromatic amines is 1. The molecule has 5 heteroatoms. The Balaban J connectivity index is 0.00000128. The van der Waals surface area contributed by atoms with E-state index < -0.39 is 5.97 Å². The summed E-state index contributed by atoms with van der Waals surface area (Å²) in [6, 6.07) is 10.3. The third-order valence-corrected chi connectivity index (χ3v) is 2.31. The Kier molecular flexibility index (Phi) is 4.62. The van der Waals surface area contributed by atoms with E-state index >= 15 is 0 Å². The fraction of sp³-hybridized carbons (Fsp3) is 0. The van der Waals surface area contributed by atoms with Gasteiger partial charge in [0.15, 0.2) is 0 Å². The molecule has 16 heavy (non-hydrogen) atoms. The summed E-state index contributed by atoms with van der Waals surface area (Å²) in [7, 11) is 0. The zero-order valence-electron chi connectivity index (χ0n) is 8.66. The number of nitrogens with one attached hydrogen (secondary N) is 1. The maximum absolute atomic E-state index is 10.5. The molecule has 0 spiro atoms. The summed E-state index contributed by atoms with van der Waals surface area (Å²) in [4.78, 5) is 13.3. The van der Waals surface area contributed by atoms with E-state index in [0.717, 1.165) is 11.3 Å². The second kappa shape index (κ2) is 5.55. The minimum Gasteiger partial charge on any atom is -0.543 e. The van der Waals surface area contributed by atoms with Crippen molar-refractivity contribution in [2.45, 2.75) is 0 Å². The van der Waals surface area contributed by atoms with Gasteiger partial charge in [-0.25, -0.2) is 0 Å². The van der Waals surface area contributed by atoms with Crippen molar-refractivity contribution in [3.8, 4) is 11.3 Å². The van der Waals surface area contributed by atoms with Crippen LogP contribution in [0.1, 0.15) is 10.5 Å². The summed E-state index contributed by atoms with van der Waals surface area (Å²) in [6.45, 7) is 0.